The Morgan fingerprint density at radius 1 is 1.40 bits per heavy atom. The highest BCUT2D eigenvalue weighted by Gasteiger charge is 2.25. The van der Waals surface area contributed by atoms with Crippen molar-refractivity contribution >= 4 is 11.6 Å². The van der Waals surface area contributed by atoms with E-state index in [1.54, 1.807) is 0 Å². The molecular weight excluding hydrogens is 278 g/mol. The van der Waals surface area contributed by atoms with Crippen molar-refractivity contribution in [2.45, 2.75) is 0 Å². The molecule has 0 aliphatic rings. The average Bonchev–Trinajstić information content (AvgIpc) is 2.38. The number of aliphatic hydroxyl groups is 1. The molecule has 0 saturated carbocycles. The molecule has 2 N–H and O–H groups in total. The van der Waals surface area contributed by atoms with Crippen LogP contribution in [0.15, 0.2) is 12.1 Å². The first-order chi connectivity index (χ1) is 9.49. The fourth-order valence-electron chi connectivity index (χ4n) is 1.38. The van der Waals surface area contributed by atoms with Gasteiger partial charge in [-0.1, -0.05) is 0 Å². The highest BCUT2D eigenvalue weighted by atomic mass is 19.1. The van der Waals surface area contributed by atoms with Gasteiger partial charge in [-0.25, -0.2) is 4.39 Å². The summed E-state index contributed by atoms with van der Waals surface area (Å²) < 4.78 is 31.9. The van der Waals surface area contributed by atoms with Gasteiger partial charge in [-0.3, -0.25) is 14.9 Å². The maximum absolute atomic E-state index is 13.7. The molecule has 0 saturated heterocycles. The molecule has 7 nitrogen and oxygen atoms in total. The Hall–Kier alpha value is -2.13. The van der Waals surface area contributed by atoms with Crippen LogP contribution < -0.4 is 5.32 Å². The Kier molecular flexibility index (Phi) is 5.94. The molecule has 1 amide bonds. The number of benzene rings is 1. The third-order valence-electron chi connectivity index (χ3n) is 2.26. The van der Waals surface area contributed by atoms with Gasteiger partial charge in [0.25, 0.3) is 5.91 Å². The highest BCUT2D eigenvalue weighted by molar-refractivity contribution is 5.95. The van der Waals surface area contributed by atoms with Crippen LogP contribution in [0.4, 0.5) is 14.5 Å². The van der Waals surface area contributed by atoms with Crippen molar-refractivity contribution in [1.29, 1.82) is 0 Å². The van der Waals surface area contributed by atoms with Gasteiger partial charge in [-0.15, -0.1) is 0 Å². The minimum Gasteiger partial charge on any atom is -0.394 e. The summed E-state index contributed by atoms with van der Waals surface area (Å²) in [4.78, 5) is 21.0. The van der Waals surface area contributed by atoms with Gasteiger partial charge in [-0.2, -0.15) is 4.39 Å². The SMILES string of the molecule is O=C(NCCOCCO)c1c(F)ccc([N+](=O)[O-])c1F. The molecule has 0 unspecified atom stereocenters. The maximum Gasteiger partial charge on any atom is 0.305 e. The lowest BCUT2D eigenvalue weighted by atomic mass is 10.1. The van der Waals surface area contributed by atoms with Crippen molar-refractivity contribution in [3.63, 3.8) is 0 Å². The minimum atomic E-state index is -1.52. The zero-order valence-electron chi connectivity index (χ0n) is 10.3. The molecule has 1 aromatic rings. The van der Waals surface area contributed by atoms with Crippen LogP contribution in [-0.2, 0) is 4.74 Å². The largest absolute Gasteiger partial charge is 0.394 e. The number of nitrogens with one attached hydrogen (secondary N) is 1. The molecule has 0 heterocycles. The van der Waals surface area contributed by atoms with Gasteiger partial charge in [0.2, 0.25) is 5.82 Å². The maximum atomic E-state index is 13.7. The molecule has 0 aromatic heterocycles. The Morgan fingerprint density at radius 3 is 2.70 bits per heavy atom. The van der Waals surface area contributed by atoms with E-state index in [0.717, 1.165) is 0 Å². The number of rotatable bonds is 7. The first-order valence-corrected chi connectivity index (χ1v) is 5.58. The summed E-state index contributed by atoms with van der Waals surface area (Å²) >= 11 is 0. The minimum absolute atomic E-state index is 0.0322. The van der Waals surface area contributed by atoms with Crippen molar-refractivity contribution in [2.24, 2.45) is 0 Å². The summed E-state index contributed by atoms with van der Waals surface area (Å²) in [6.07, 6.45) is 0. The van der Waals surface area contributed by atoms with Crippen LogP contribution in [0.25, 0.3) is 0 Å². The smallest absolute Gasteiger partial charge is 0.305 e. The van der Waals surface area contributed by atoms with Gasteiger partial charge in [0.05, 0.1) is 24.7 Å². The van der Waals surface area contributed by atoms with Gasteiger partial charge in [0.1, 0.15) is 11.4 Å². The summed E-state index contributed by atoms with van der Waals surface area (Å²) in [6.45, 7) is -0.150. The standard InChI is InChI=1S/C11H12F2N2O5/c12-7-1-2-8(15(18)19)10(13)9(7)11(17)14-3-5-20-6-4-16/h1-2,16H,3-6H2,(H,14,17). The molecule has 1 rings (SSSR count). The van der Waals surface area contributed by atoms with Crippen LogP contribution in [-0.4, -0.2) is 42.3 Å². The van der Waals surface area contributed by atoms with E-state index in [1.807, 2.05) is 0 Å². The molecule has 0 radical (unpaired) electrons. The molecule has 0 aliphatic heterocycles. The first kappa shape index (κ1) is 15.9. The average molecular weight is 290 g/mol. The van der Waals surface area contributed by atoms with Crippen molar-refractivity contribution in [3.8, 4) is 0 Å². The molecule has 0 spiro atoms. The Labute approximate surface area is 112 Å². The van der Waals surface area contributed by atoms with E-state index in [2.05, 4.69) is 5.32 Å². The monoisotopic (exact) mass is 290 g/mol. The number of carbonyl (C=O) groups excluding carboxylic acids is 1. The van der Waals surface area contributed by atoms with E-state index >= 15 is 0 Å². The Morgan fingerprint density at radius 2 is 2.10 bits per heavy atom. The number of ether oxygens (including phenoxy) is 1. The number of aliphatic hydroxyl groups excluding tert-OH is 1. The highest BCUT2D eigenvalue weighted by Crippen LogP contribution is 2.22. The third kappa shape index (κ3) is 3.93. The van der Waals surface area contributed by atoms with E-state index in [4.69, 9.17) is 9.84 Å². The van der Waals surface area contributed by atoms with Crippen LogP contribution in [0.5, 0.6) is 0 Å². The van der Waals surface area contributed by atoms with Gasteiger partial charge >= 0.3 is 5.69 Å². The second-order valence-corrected chi connectivity index (χ2v) is 3.60. The number of nitro groups is 1. The van der Waals surface area contributed by atoms with Crippen LogP contribution in [0, 0.1) is 21.7 Å². The van der Waals surface area contributed by atoms with Gasteiger partial charge in [0.15, 0.2) is 0 Å². The number of amides is 1. The number of carbonyl (C=O) groups is 1. The van der Waals surface area contributed by atoms with Crippen LogP contribution in [0.1, 0.15) is 10.4 Å². The molecule has 110 valence electrons. The zero-order chi connectivity index (χ0) is 15.1. The summed E-state index contributed by atoms with van der Waals surface area (Å²) in [5.74, 6) is -3.83. The van der Waals surface area contributed by atoms with Crippen molar-refractivity contribution in [1.82, 2.24) is 5.32 Å². The summed E-state index contributed by atoms with van der Waals surface area (Å²) in [7, 11) is 0. The van der Waals surface area contributed by atoms with Gasteiger partial charge in [-0.05, 0) is 6.07 Å². The van der Waals surface area contributed by atoms with Crippen LogP contribution >= 0.6 is 0 Å². The molecule has 0 bridgehead atoms. The van der Waals surface area contributed by atoms with Gasteiger partial charge in [0, 0.05) is 12.6 Å². The summed E-state index contributed by atoms with van der Waals surface area (Å²) in [6, 6.07) is 1.30. The fraction of sp³-hybridized carbons (Fsp3) is 0.364. The molecule has 0 aliphatic carbocycles. The van der Waals surface area contributed by atoms with E-state index in [9.17, 15) is 23.7 Å². The zero-order valence-corrected chi connectivity index (χ0v) is 10.3. The number of nitrogens with zero attached hydrogens (tertiary/aromatic N) is 1. The topological polar surface area (TPSA) is 102 Å². The lowest BCUT2D eigenvalue weighted by Crippen LogP contribution is -2.29. The van der Waals surface area contributed by atoms with Crippen molar-refractivity contribution < 1.29 is 28.3 Å². The van der Waals surface area contributed by atoms with E-state index in [0.29, 0.717) is 12.1 Å². The summed E-state index contributed by atoms with van der Waals surface area (Å²) in [5, 5.41) is 21.1. The lowest BCUT2D eigenvalue weighted by Gasteiger charge is -2.07. The number of hydrogen-bond acceptors (Lipinski definition) is 5. The third-order valence-corrected chi connectivity index (χ3v) is 2.26. The molecular formula is C11H12F2N2O5. The predicted molar refractivity (Wildman–Crippen MR) is 63.3 cm³/mol. The normalized spacial score (nSPS) is 10.3. The van der Waals surface area contributed by atoms with E-state index < -0.39 is 33.7 Å². The molecule has 0 atom stereocenters. The first-order valence-electron chi connectivity index (χ1n) is 5.58. The van der Waals surface area contributed by atoms with Crippen LogP contribution in [0.3, 0.4) is 0 Å². The van der Waals surface area contributed by atoms with Crippen molar-refractivity contribution in [2.75, 3.05) is 26.4 Å². The molecule has 9 heteroatoms. The van der Waals surface area contributed by atoms with Crippen molar-refractivity contribution in [3.05, 3.63) is 39.4 Å². The van der Waals surface area contributed by atoms with E-state index in [1.165, 1.54) is 0 Å². The Balaban J connectivity index is 2.77. The van der Waals surface area contributed by atoms with Gasteiger partial charge < -0.3 is 15.2 Å². The van der Waals surface area contributed by atoms with E-state index in [-0.39, 0.29) is 26.4 Å². The molecule has 20 heavy (non-hydrogen) atoms. The molecule has 1 aromatic carbocycles. The fourth-order valence-corrected chi connectivity index (χ4v) is 1.38. The number of halogens is 2. The Bertz CT molecular complexity index is 510. The predicted octanol–water partition coefficient (Wildman–Crippen LogP) is 0.612. The molecule has 0 fully saturated rings. The summed E-state index contributed by atoms with van der Waals surface area (Å²) in [5.41, 5.74) is -1.99. The quantitative estimate of drug-likeness (QED) is 0.435. The number of hydrogen-bond donors (Lipinski definition) is 2. The number of nitro benzene ring substituents is 1. The van der Waals surface area contributed by atoms with Crippen LogP contribution in [0.2, 0.25) is 0 Å². The lowest BCUT2D eigenvalue weighted by molar-refractivity contribution is -0.387. The second-order valence-electron chi connectivity index (χ2n) is 3.60. The second kappa shape index (κ2) is 7.46.